The quantitative estimate of drug-likeness (QED) is 0.611. The molecule has 0 heteroatoms. The second-order valence-corrected chi connectivity index (χ2v) is 4.71. The average Bonchev–Trinajstić information content (AvgIpc) is 2.04. The van der Waals surface area contributed by atoms with Crippen LogP contribution in [0.2, 0.25) is 0 Å². The van der Waals surface area contributed by atoms with Crippen LogP contribution in [-0.4, -0.2) is 0 Å². The van der Waals surface area contributed by atoms with E-state index < -0.39 is 0 Å². The van der Waals surface area contributed by atoms with E-state index >= 15 is 0 Å². The first-order valence-corrected chi connectivity index (χ1v) is 5.32. The molecule has 0 nitrogen and oxygen atoms in total. The zero-order chi connectivity index (χ0) is 9.84. The molecule has 0 saturated heterocycles. The molecule has 0 N–H and O–H groups in total. The largest absolute Gasteiger partial charge is 0.0803 e. The van der Waals surface area contributed by atoms with E-state index in [1.165, 1.54) is 12.0 Å². The van der Waals surface area contributed by atoms with E-state index in [4.69, 9.17) is 0 Å². The van der Waals surface area contributed by atoms with Gasteiger partial charge in [-0.05, 0) is 30.6 Å². The van der Waals surface area contributed by atoms with E-state index in [1.807, 2.05) is 0 Å². The van der Waals surface area contributed by atoms with E-state index in [1.54, 1.807) is 0 Å². The summed E-state index contributed by atoms with van der Waals surface area (Å²) in [5, 5.41) is 0. The maximum Gasteiger partial charge on any atom is -0.00932 e. The summed E-state index contributed by atoms with van der Waals surface area (Å²) in [6.45, 7) is 9.08. The Morgan fingerprint density at radius 2 is 1.92 bits per heavy atom. The van der Waals surface area contributed by atoms with Crippen molar-refractivity contribution in [3.8, 4) is 0 Å². The third-order valence-electron chi connectivity index (χ3n) is 2.48. The molecule has 0 spiro atoms. The Hall–Kier alpha value is -0.520. The molecule has 1 radical (unpaired) electrons. The maximum absolute atomic E-state index is 2.34. The summed E-state index contributed by atoms with van der Waals surface area (Å²) in [6, 6.07) is 0. The zero-order valence-corrected chi connectivity index (χ0v) is 9.25. The number of hydrogen-bond donors (Lipinski definition) is 0. The minimum atomic E-state index is 0.649. The van der Waals surface area contributed by atoms with Crippen molar-refractivity contribution in [2.45, 2.75) is 34.1 Å². The van der Waals surface area contributed by atoms with Gasteiger partial charge in [0.1, 0.15) is 0 Å². The molecule has 1 rings (SSSR count). The van der Waals surface area contributed by atoms with Crippen LogP contribution in [0.3, 0.4) is 0 Å². The van der Waals surface area contributed by atoms with Gasteiger partial charge in [0.05, 0.1) is 0 Å². The normalized spacial score (nSPS) is 22.6. The van der Waals surface area contributed by atoms with Gasteiger partial charge in [-0.3, -0.25) is 0 Å². The van der Waals surface area contributed by atoms with Crippen molar-refractivity contribution in [3.05, 3.63) is 30.2 Å². The maximum atomic E-state index is 2.34. The van der Waals surface area contributed by atoms with Gasteiger partial charge >= 0.3 is 0 Å². The van der Waals surface area contributed by atoms with E-state index in [0.29, 0.717) is 5.92 Å². The van der Waals surface area contributed by atoms with E-state index in [9.17, 15) is 0 Å². The van der Waals surface area contributed by atoms with Crippen LogP contribution in [0.25, 0.3) is 0 Å². The summed E-state index contributed by atoms with van der Waals surface area (Å²) < 4.78 is 0. The van der Waals surface area contributed by atoms with Crippen LogP contribution in [0.15, 0.2) is 23.8 Å². The van der Waals surface area contributed by atoms with E-state index in [0.717, 1.165) is 11.8 Å². The van der Waals surface area contributed by atoms with Gasteiger partial charge in [0, 0.05) is 0 Å². The lowest BCUT2D eigenvalue weighted by molar-refractivity contribution is 0.524. The van der Waals surface area contributed by atoms with Crippen molar-refractivity contribution in [1.82, 2.24) is 0 Å². The highest BCUT2D eigenvalue weighted by atomic mass is 14.2. The minimum absolute atomic E-state index is 0.649. The molecule has 73 valence electrons. The Balaban J connectivity index is 2.45. The van der Waals surface area contributed by atoms with Gasteiger partial charge in [0.2, 0.25) is 0 Å². The molecule has 0 fully saturated rings. The average molecular weight is 177 g/mol. The fourth-order valence-electron chi connectivity index (χ4n) is 1.64. The predicted octanol–water partition coefficient (Wildman–Crippen LogP) is 4.01. The third-order valence-corrected chi connectivity index (χ3v) is 2.48. The Morgan fingerprint density at radius 3 is 2.31 bits per heavy atom. The predicted molar refractivity (Wildman–Crippen MR) is 59.3 cm³/mol. The molecule has 0 amide bonds. The lowest BCUT2D eigenvalue weighted by Gasteiger charge is -2.19. The molecular formula is C13H21. The van der Waals surface area contributed by atoms with Crippen LogP contribution < -0.4 is 0 Å². The van der Waals surface area contributed by atoms with Crippen molar-refractivity contribution in [3.63, 3.8) is 0 Å². The topological polar surface area (TPSA) is 0 Å². The number of rotatable bonds is 3. The molecular weight excluding hydrogens is 156 g/mol. The second-order valence-electron chi connectivity index (χ2n) is 4.71. The van der Waals surface area contributed by atoms with Crippen molar-refractivity contribution in [2.75, 3.05) is 0 Å². The van der Waals surface area contributed by atoms with Crippen LogP contribution >= 0.6 is 0 Å². The minimum Gasteiger partial charge on any atom is -0.0803 e. The first kappa shape index (κ1) is 10.6. The van der Waals surface area contributed by atoms with Crippen molar-refractivity contribution in [1.29, 1.82) is 0 Å². The van der Waals surface area contributed by atoms with E-state index in [-0.39, 0.29) is 0 Å². The molecule has 0 saturated carbocycles. The van der Waals surface area contributed by atoms with Gasteiger partial charge < -0.3 is 0 Å². The fourth-order valence-corrected chi connectivity index (χ4v) is 1.64. The summed E-state index contributed by atoms with van der Waals surface area (Å²) in [6.07, 6.45) is 10.5. The van der Waals surface area contributed by atoms with Gasteiger partial charge in [-0.1, -0.05) is 51.5 Å². The summed E-state index contributed by atoms with van der Waals surface area (Å²) in [5.74, 6) is 2.14. The van der Waals surface area contributed by atoms with Crippen molar-refractivity contribution < 1.29 is 0 Å². The molecule has 1 aliphatic carbocycles. The van der Waals surface area contributed by atoms with Crippen LogP contribution in [0.5, 0.6) is 0 Å². The SMILES string of the molecule is CC(C)CC1=C[CH]C(C(C)C)C=C1. The zero-order valence-electron chi connectivity index (χ0n) is 9.25. The standard InChI is InChI=1S/C13H21/c1-10(2)9-12-5-7-13(8-6-12)11(3)4/h5-8,10-11,13H,9H2,1-4H3. The van der Waals surface area contributed by atoms with Crippen LogP contribution in [0.4, 0.5) is 0 Å². The smallest absolute Gasteiger partial charge is 0.00932 e. The van der Waals surface area contributed by atoms with Gasteiger partial charge in [0.15, 0.2) is 0 Å². The molecule has 1 atom stereocenters. The monoisotopic (exact) mass is 177 g/mol. The molecule has 1 aliphatic rings. The molecule has 0 heterocycles. The molecule has 0 aromatic rings. The van der Waals surface area contributed by atoms with Crippen molar-refractivity contribution >= 4 is 0 Å². The Bertz CT molecular complexity index is 206. The Kier molecular flexibility index (Phi) is 3.77. The van der Waals surface area contributed by atoms with Crippen LogP contribution in [0.1, 0.15) is 34.1 Å². The summed E-state index contributed by atoms with van der Waals surface area (Å²) in [5.41, 5.74) is 1.48. The third kappa shape index (κ3) is 3.38. The molecule has 1 unspecified atom stereocenters. The second kappa shape index (κ2) is 4.64. The first-order valence-electron chi connectivity index (χ1n) is 5.32. The highest BCUT2D eigenvalue weighted by molar-refractivity contribution is 5.29. The highest BCUT2D eigenvalue weighted by Crippen LogP contribution is 2.25. The summed E-state index contributed by atoms with van der Waals surface area (Å²) in [7, 11) is 0. The Labute approximate surface area is 82.7 Å². The summed E-state index contributed by atoms with van der Waals surface area (Å²) in [4.78, 5) is 0. The van der Waals surface area contributed by atoms with Crippen molar-refractivity contribution in [2.24, 2.45) is 17.8 Å². The van der Waals surface area contributed by atoms with Crippen LogP contribution in [-0.2, 0) is 0 Å². The van der Waals surface area contributed by atoms with E-state index in [2.05, 4.69) is 52.3 Å². The molecule has 0 aromatic carbocycles. The van der Waals surface area contributed by atoms with Crippen LogP contribution in [0, 0.1) is 24.2 Å². The first-order chi connectivity index (χ1) is 6.09. The van der Waals surface area contributed by atoms with Gasteiger partial charge in [-0.15, -0.1) is 0 Å². The number of allylic oxidation sites excluding steroid dienone is 4. The Morgan fingerprint density at radius 1 is 1.23 bits per heavy atom. The molecule has 0 aliphatic heterocycles. The lowest BCUT2D eigenvalue weighted by Crippen LogP contribution is -2.08. The lowest BCUT2D eigenvalue weighted by atomic mass is 9.86. The molecule has 0 bridgehead atoms. The van der Waals surface area contributed by atoms with Gasteiger partial charge in [0.25, 0.3) is 0 Å². The highest BCUT2D eigenvalue weighted by Gasteiger charge is 2.12. The number of hydrogen-bond acceptors (Lipinski definition) is 0. The fraction of sp³-hybridized carbons (Fsp3) is 0.615. The van der Waals surface area contributed by atoms with Gasteiger partial charge in [-0.2, -0.15) is 0 Å². The summed E-state index contributed by atoms with van der Waals surface area (Å²) >= 11 is 0. The molecule has 13 heavy (non-hydrogen) atoms. The van der Waals surface area contributed by atoms with Gasteiger partial charge in [-0.25, -0.2) is 0 Å². The molecule has 0 aromatic heterocycles.